The first-order valence-corrected chi connectivity index (χ1v) is 8.34. The summed E-state index contributed by atoms with van der Waals surface area (Å²) in [6.45, 7) is 0.0802. The molecule has 7 heteroatoms. The summed E-state index contributed by atoms with van der Waals surface area (Å²) in [5, 5.41) is 2.53. The fraction of sp³-hybridized carbons (Fsp3) is 0.200. The molecule has 0 aromatic heterocycles. The van der Waals surface area contributed by atoms with Gasteiger partial charge in [0.1, 0.15) is 5.75 Å². The number of para-hydroxylation sites is 2. The number of carbonyl (C=O) groups is 2. The molecule has 1 atom stereocenters. The summed E-state index contributed by atoms with van der Waals surface area (Å²) in [6.07, 6.45) is 2.04. The van der Waals surface area contributed by atoms with E-state index in [1.54, 1.807) is 30.3 Å². The van der Waals surface area contributed by atoms with E-state index in [0.29, 0.717) is 17.0 Å². The van der Waals surface area contributed by atoms with Crippen LogP contribution >= 0.6 is 0 Å². The average molecular weight is 370 g/mol. The number of carbonyl (C=O) groups excluding carboxylic acids is 2. The quantitative estimate of drug-likeness (QED) is 0.840. The molecule has 1 heterocycles. The summed E-state index contributed by atoms with van der Waals surface area (Å²) >= 11 is 0. The van der Waals surface area contributed by atoms with Crippen LogP contribution in [0, 0.1) is 5.82 Å². The van der Waals surface area contributed by atoms with Crippen LogP contribution in [0.1, 0.15) is 5.56 Å². The number of hydrogen-bond acceptors (Lipinski definition) is 4. The van der Waals surface area contributed by atoms with Gasteiger partial charge in [0, 0.05) is 13.1 Å². The molecule has 27 heavy (non-hydrogen) atoms. The maximum Gasteiger partial charge on any atom is 0.262 e. The van der Waals surface area contributed by atoms with Crippen LogP contribution in [-0.2, 0) is 9.59 Å². The summed E-state index contributed by atoms with van der Waals surface area (Å²) in [6, 6.07) is 11.4. The lowest BCUT2D eigenvalue weighted by Crippen LogP contribution is -2.49. The monoisotopic (exact) mass is 370 g/mol. The van der Waals surface area contributed by atoms with Gasteiger partial charge in [-0.15, -0.1) is 0 Å². The first-order valence-electron chi connectivity index (χ1n) is 8.34. The van der Waals surface area contributed by atoms with E-state index in [2.05, 4.69) is 5.32 Å². The van der Waals surface area contributed by atoms with Gasteiger partial charge in [-0.25, -0.2) is 4.39 Å². The van der Waals surface area contributed by atoms with Crippen molar-refractivity contribution in [3.05, 3.63) is 59.9 Å². The van der Waals surface area contributed by atoms with Crippen LogP contribution in [0.15, 0.2) is 48.5 Å². The Kier molecular flexibility index (Phi) is 5.40. The SMILES string of the molecule is CNC(=O)[C@@H]1CN(C(=O)/C=C/c2ccc(OC)c(F)c2)c2ccccc2O1. The van der Waals surface area contributed by atoms with Gasteiger partial charge in [-0.3, -0.25) is 9.59 Å². The lowest BCUT2D eigenvalue weighted by atomic mass is 10.1. The number of nitrogens with one attached hydrogen (secondary N) is 1. The minimum atomic E-state index is -0.805. The topological polar surface area (TPSA) is 67.9 Å². The van der Waals surface area contributed by atoms with E-state index in [9.17, 15) is 14.0 Å². The van der Waals surface area contributed by atoms with Crippen molar-refractivity contribution in [2.24, 2.45) is 0 Å². The fourth-order valence-corrected chi connectivity index (χ4v) is 2.78. The van der Waals surface area contributed by atoms with Crippen molar-refractivity contribution in [2.75, 3.05) is 25.6 Å². The molecular formula is C20H19FN2O4. The second kappa shape index (κ2) is 7.90. The number of benzene rings is 2. The van der Waals surface area contributed by atoms with E-state index in [4.69, 9.17) is 9.47 Å². The molecule has 0 aliphatic carbocycles. The van der Waals surface area contributed by atoms with Crippen molar-refractivity contribution in [1.29, 1.82) is 0 Å². The molecule has 1 aliphatic rings. The van der Waals surface area contributed by atoms with Gasteiger partial charge in [-0.2, -0.15) is 0 Å². The van der Waals surface area contributed by atoms with Crippen LogP contribution in [0.4, 0.5) is 10.1 Å². The molecule has 2 aromatic carbocycles. The number of likely N-dealkylation sites (N-methyl/N-ethyl adjacent to an activating group) is 1. The van der Waals surface area contributed by atoms with Gasteiger partial charge in [-0.05, 0) is 35.9 Å². The van der Waals surface area contributed by atoms with Crippen molar-refractivity contribution < 1.29 is 23.5 Å². The number of anilines is 1. The molecule has 0 unspecified atom stereocenters. The molecular weight excluding hydrogens is 351 g/mol. The van der Waals surface area contributed by atoms with E-state index in [1.807, 2.05) is 0 Å². The Morgan fingerprint density at radius 2 is 2.07 bits per heavy atom. The molecule has 2 aromatic rings. The zero-order valence-electron chi connectivity index (χ0n) is 14.9. The Hall–Kier alpha value is -3.35. The lowest BCUT2D eigenvalue weighted by molar-refractivity contribution is -0.127. The summed E-state index contributed by atoms with van der Waals surface area (Å²) < 4.78 is 24.3. The highest BCUT2D eigenvalue weighted by atomic mass is 19.1. The van der Waals surface area contributed by atoms with Crippen LogP contribution < -0.4 is 19.7 Å². The molecule has 0 bridgehead atoms. The largest absolute Gasteiger partial charge is 0.494 e. The zero-order valence-corrected chi connectivity index (χ0v) is 14.9. The first-order chi connectivity index (χ1) is 13.0. The summed E-state index contributed by atoms with van der Waals surface area (Å²) in [4.78, 5) is 26.2. The second-order valence-corrected chi connectivity index (χ2v) is 5.86. The number of ether oxygens (including phenoxy) is 2. The number of rotatable bonds is 4. The number of halogens is 1. The summed E-state index contributed by atoms with van der Waals surface area (Å²) in [5.74, 6) is -0.577. The Labute approximate surface area is 156 Å². The standard InChI is InChI=1S/C20H19FN2O4/c1-22-20(25)18-12-23(15-5-3-4-6-17(15)27-18)19(24)10-8-13-7-9-16(26-2)14(21)11-13/h3-11,18H,12H2,1-2H3,(H,22,25)/b10-8+/t18-/m0/s1. The van der Waals surface area contributed by atoms with E-state index in [-0.39, 0.29) is 24.1 Å². The molecule has 6 nitrogen and oxygen atoms in total. The smallest absolute Gasteiger partial charge is 0.262 e. The molecule has 2 amide bonds. The molecule has 0 saturated carbocycles. The Bertz CT molecular complexity index is 897. The van der Waals surface area contributed by atoms with E-state index in [1.165, 1.54) is 43.3 Å². The second-order valence-electron chi connectivity index (χ2n) is 5.86. The van der Waals surface area contributed by atoms with Gasteiger partial charge in [0.2, 0.25) is 0 Å². The van der Waals surface area contributed by atoms with Crippen molar-refractivity contribution in [3.8, 4) is 11.5 Å². The third-order valence-corrected chi connectivity index (χ3v) is 4.17. The predicted octanol–water partition coefficient (Wildman–Crippen LogP) is 2.39. The molecule has 0 spiro atoms. The normalized spacial score (nSPS) is 15.8. The van der Waals surface area contributed by atoms with Crippen molar-refractivity contribution in [3.63, 3.8) is 0 Å². The highest BCUT2D eigenvalue weighted by Gasteiger charge is 2.32. The molecule has 0 saturated heterocycles. The Balaban J connectivity index is 1.84. The van der Waals surface area contributed by atoms with E-state index in [0.717, 1.165) is 0 Å². The maximum atomic E-state index is 13.8. The number of methoxy groups -OCH3 is 1. The van der Waals surface area contributed by atoms with Gasteiger partial charge in [0.05, 0.1) is 19.3 Å². The lowest BCUT2D eigenvalue weighted by Gasteiger charge is -2.33. The van der Waals surface area contributed by atoms with Crippen LogP contribution in [0.25, 0.3) is 6.08 Å². The zero-order chi connectivity index (χ0) is 19.4. The van der Waals surface area contributed by atoms with Crippen LogP contribution in [-0.4, -0.2) is 38.6 Å². The molecule has 0 fully saturated rings. The minimum absolute atomic E-state index is 0.0802. The predicted molar refractivity (Wildman–Crippen MR) is 99.3 cm³/mol. The Morgan fingerprint density at radius 3 is 2.78 bits per heavy atom. The molecule has 3 rings (SSSR count). The molecule has 1 N–H and O–H groups in total. The van der Waals surface area contributed by atoms with Crippen LogP contribution in [0.3, 0.4) is 0 Å². The van der Waals surface area contributed by atoms with E-state index >= 15 is 0 Å². The number of hydrogen-bond donors (Lipinski definition) is 1. The Morgan fingerprint density at radius 1 is 1.30 bits per heavy atom. The van der Waals surface area contributed by atoms with Gasteiger partial charge < -0.3 is 19.7 Å². The van der Waals surface area contributed by atoms with Crippen molar-refractivity contribution in [2.45, 2.75) is 6.10 Å². The molecule has 1 aliphatic heterocycles. The minimum Gasteiger partial charge on any atom is -0.494 e. The van der Waals surface area contributed by atoms with Gasteiger partial charge in [-0.1, -0.05) is 18.2 Å². The molecule has 0 radical (unpaired) electrons. The number of fused-ring (bicyclic) bond motifs is 1. The maximum absolute atomic E-state index is 13.8. The van der Waals surface area contributed by atoms with Crippen molar-refractivity contribution in [1.82, 2.24) is 5.32 Å². The van der Waals surface area contributed by atoms with Gasteiger partial charge >= 0.3 is 0 Å². The summed E-state index contributed by atoms with van der Waals surface area (Å²) in [5.41, 5.74) is 1.10. The number of amides is 2. The third-order valence-electron chi connectivity index (χ3n) is 4.17. The highest BCUT2D eigenvalue weighted by Crippen LogP contribution is 2.33. The fourth-order valence-electron chi connectivity index (χ4n) is 2.78. The first kappa shape index (κ1) is 18.4. The van der Waals surface area contributed by atoms with Crippen LogP contribution in [0.5, 0.6) is 11.5 Å². The van der Waals surface area contributed by atoms with Crippen LogP contribution in [0.2, 0.25) is 0 Å². The van der Waals surface area contributed by atoms with Crippen molar-refractivity contribution >= 4 is 23.6 Å². The molecule has 140 valence electrons. The summed E-state index contributed by atoms with van der Waals surface area (Å²) in [7, 11) is 2.90. The van der Waals surface area contributed by atoms with Gasteiger partial charge in [0.15, 0.2) is 17.7 Å². The third kappa shape index (κ3) is 3.92. The highest BCUT2D eigenvalue weighted by molar-refractivity contribution is 6.05. The average Bonchev–Trinajstić information content (AvgIpc) is 2.70. The van der Waals surface area contributed by atoms with Gasteiger partial charge in [0.25, 0.3) is 11.8 Å². The number of nitrogens with zero attached hydrogens (tertiary/aromatic N) is 1. The van der Waals surface area contributed by atoms with E-state index < -0.39 is 11.9 Å².